The Morgan fingerprint density at radius 3 is 2.54 bits per heavy atom. The molecule has 1 aromatic rings. The maximum Gasteiger partial charge on any atom is 0.0652 e. The largest absolute Gasteiger partial charge is 0.264 e. The molecule has 13 heavy (non-hydrogen) atoms. The first-order valence-electron chi connectivity index (χ1n) is 3.77. The summed E-state index contributed by atoms with van der Waals surface area (Å²) in [5.41, 5.74) is 1.73. The van der Waals surface area contributed by atoms with Gasteiger partial charge < -0.3 is 0 Å². The van der Waals surface area contributed by atoms with Gasteiger partial charge in [0.2, 0.25) is 0 Å². The fraction of sp³-hybridized carbons (Fsp3) is 0.100. The Bertz CT molecular complexity index is 356. The van der Waals surface area contributed by atoms with Crippen LogP contribution in [0, 0.1) is 0 Å². The van der Waals surface area contributed by atoms with Crippen molar-refractivity contribution in [3.05, 3.63) is 39.9 Å². The highest BCUT2D eigenvalue weighted by atomic mass is 35.5. The molecular formula is C10H9Cl2N. The lowest BCUT2D eigenvalue weighted by molar-refractivity contribution is 1.50. The number of benzene rings is 1. The highest BCUT2D eigenvalue weighted by Crippen LogP contribution is 2.26. The van der Waals surface area contributed by atoms with Gasteiger partial charge in [-0.2, -0.15) is 0 Å². The minimum absolute atomic E-state index is 0.530. The Morgan fingerprint density at radius 1 is 1.38 bits per heavy atom. The molecule has 0 atom stereocenters. The van der Waals surface area contributed by atoms with E-state index < -0.39 is 0 Å². The molecule has 0 saturated carbocycles. The Labute approximate surface area is 87.7 Å². The molecule has 1 rings (SSSR count). The first-order chi connectivity index (χ1) is 6.19. The molecule has 0 unspecified atom stereocenters. The standard InChI is InChI=1S/C10H9Cl2N/c1-3-10(13-2)7-4-5-8(11)9(12)6-7/h3-6H,2H2,1H3. The van der Waals surface area contributed by atoms with Crippen LogP contribution in [0.15, 0.2) is 29.3 Å². The fourth-order valence-corrected chi connectivity index (χ4v) is 1.30. The molecular weight excluding hydrogens is 205 g/mol. The summed E-state index contributed by atoms with van der Waals surface area (Å²) < 4.78 is 0. The van der Waals surface area contributed by atoms with Gasteiger partial charge in [-0.1, -0.05) is 35.3 Å². The van der Waals surface area contributed by atoms with Gasteiger partial charge in [-0.25, -0.2) is 0 Å². The molecule has 1 nitrogen and oxygen atoms in total. The van der Waals surface area contributed by atoms with Crippen LogP contribution >= 0.6 is 23.2 Å². The van der Waals surface area contributed by atoms with Crippen LogP contribution < -0.4 is 0 Å². The molecule has 0 fully saturated rings. The smallest absolute Gasteiger partial charge is 0.0652 e. The predicted octanol–water partition coefficient (Wildman–Crippen LogP) is 4.05. The molecule has 0 aromatic heterocycles. The van der Waals surface area contributed by atoms with Crippen molar-refractivity contribution in [2.45, 2.75) is 6.92 Å². The number of hydrogen-bond donors (Lipinski definition) is 0. The second-order valence-electron chi connectivity index (χ2n) is 2.46. The maximum absolute atomic E-state index is 5.85. The van der Waals surface area contributed by atoms with Crippen molar-refractivity contribution in [2.24, 2.45) is 4.99 Å². The van der Waals surface area contributed by atoms with E-state index in [1.807, 2.05) is 19.1 Å². The van der Waals surface area contributed by atoms with E-state index in [2.05, 4.69) is 11.7 Å². The molecule has 0 heterocycles. The summed E-state index contributed by atoms with van der Waals surface area (Å²) in [6, 6.07) is 5.38. The van der Waals surface area contributed by atoms with E-state index >= 15 is 0 Å². The minimum Gasteiger partial charge on any atom is -0.264 e. The number of hydrogen-bond acceptors (Lipinski definition) is 1. The van der Waals surface area contributed by atoms with Gasteiger partial charge in [0.15, 0.2) is 0 Å². The Hall–Kier alpha value is -0.790. The van der Waals surface area contributed by atoms with Gasteiger partial charge >= 0.3 is 0 Å². The normalized spacial score (nSPS) is 11.5. The molecule has 68 valence electrons. The third-order valence-corrected chi connectivity index (χ3v) is 2.40. The average Bonchev–Trinajstić information content (AvgIpc) is 2.13. The van der Waals surface area contributed by atoms with Gasteiger partial charge in [0.05, 0.1) is 15.7 Å². The summed E-state index contributed by atoms with van der Waals surface area (Å²) in [6.45, 7) is 5.36. The number of allylic oxidation sites excluding steroid dienone is 1. The van der Waals surface area contributed by atoms with E-state index in [0.717, 1.165) is 11.3 Å². The van der Waals surface area contributed by atoms with E-state index in [1.54, 1.807) is 12.1 Å². The molecule has 0 saturated heterocycles. The van der Waals surface area contributed by atoms with E-state index in [0.29, 0.717) is 10.0 Å². The highest BCUT2D eigenvalue weighted by Gasteiger charge is 2.01. The number of nitrogens with zero attached hydrogens (tertiary/aromatic N) is 1. The van der Waals surface area contributed by atoms with Crippen LogP contribution in [0.1, 0.15) is 12.5 Å². The molecule has 0 bridgehead atoms. The highest BCUT2D eigenvalue weighted by molar-refractivity contribution is 6.42. The summed E-state index contributed by atoms with van der Waals surface area (Å²) in [5, 5.41) is 1.08. The molecule has 3 heteroatoms. The second-order valence-corrected chi connectivity index (χ2v) is 3.28. The molecule has 0 amide bonds. The van der Waals surface area contributed by atoms with Crippen molar-refractivity contribution in [1.82, 2.24) is 0 Å². The van der Waals surface area contributed by atoms with Crippen molar-refractivity contribution in [2.75, 3.05) is 0 Å². The lowest BCUT2D eigenvalue weighted by Crippen LogP contribution is -1.80. The fourth-order valence-electron chi connectivity index (χ4n) is 1.00. The van der Waals surface area contributed by atoms with Crippen molar-refractivity contribution >= 4 is 35.6 Å². The van der Waals surface area contributed by atoms with Crippen LogP contribution in [0.25, 0.3) is 5.70 Å². The molecule has 0 aliphatic carbocycles. The molecule has 0 spiro atoms. The topological polar surface area (TPSA) is 12.4 Å². The zero-order chi connectivity index (χ0) is 9.84. The van der Waals surface area contributed by atoms with Crippen LogP contribution in [0.2, 0.25) is 10.0 Å². The van der Waals surface area contributed by atoms with Gasteiger partial charge in [0.25, 0.3) is 0 Å². The second kappa shape index (κ2) is 4.45. The summed E-state index contributed by atoms with van der Waals surface area (Å²) in [6.07, 6.45) is 1.87. The van der Waals surface area contributed by atoms with Crippen molar-refractivity contribution in [3.8, 4) is 0 Å². The van der Waals surface area contributed by atoms with Gasteiger partial charge in [-0.05, 0) is 25.8 Å². The summed E-state index contributed by atoms with van der Waals surface area (Å²) in [7, 11) is 0. The number of halogens is 2. The third kappa shape index (κ3) is 2.33. The summed E-state index contributed by atoms with van der Waals surface area (Å²) in [5.74, 6) is 0. The van der Waals surface area contributed by atoms with Crippen LogP contribution in [-0.4, -0.2) is 6.72 Å². The van der Waals surface area contributed by atoms with E-state index in [-0.39, 0.29) is 0 Å². The van der Waals surface area contributed by atoms with E-state index in [4.69, 9.17) is 23.2 Å². The monoisotopic (exact) mass is 213 g/mol. The first kappa shape index (κ1) is 10.3. The number of aliphatic imine (C=N–C) groups is 1. The van der Waals surface area contributed by atoms with Gasteiger partial charge in [0.1, 0.15) is 0 Å². The van der Waals surface area contributed by atoms with Crippen LogP contribution in [0.4, 0.5) is 0 Å². The minimum atomic E-state index is 0.530. The average molecular weight is 214 g/mol. The van der Waals surface area contributed by atoms with Gasteiger partial charge in [0, 0.05) is 5.56 Å². The van der Waals surface area contributed by atoms with Crippen molar-refractivity contribution < 1.29 is 0 Å². The predicted molar refractivity (Wildman–Crippen MR) is 59.7 cm³/mol. The molecule has 0 radical (unpaired) electrons. The van der Waals surface area contributed by atoms with E-state index in [1.165, 1.54) is 0 Å². The summed E-state index contributed by atoms with van der Waals surface area (Å²) >= 11 is 11.6. The Kier molecular flexibility index (Phi) is 3.52. The van der Waals surface area contributed by atoms with Gasteiger partial charge in [-0.15, -0.1) is 0 Å². The van der Waals surface area contributed by atoms with Crippen molar-refractivity contribution in [1.29, 1.82) is 0 Å². The van der Waals surface area contributed by atoms with Crippen LogP contribution in [-0.2, 0) is 0 Å². The molecule has 0 N–H and O–H groups in total. The summed E-state index contributed by atoms with van der Waals surface area (Å²) in [4.78, 5) is 3.86. The zero-order valence-electron chi connectivity index (χ0n) is 7.22. The number of rotatable bonds is 2. The van der Waals surface area contributed by atoms with Crippen LogP contribution in [0.3, 0.4) is 0 Å². The lowest BCUT2D eigenvalue weighted by atomic mass is 10.1. The molecule has 0 aliphatic rings. The molecule has 1 aromatic carbocycles. The Morgan fingerprint density at radius 2 is 2.08 bits per heavy atom. The molecule has 0 aliphatic heterocycles. The van der Waals surface area contributed by atoms with Crippen LogP contribution in [0.5, 0.6) is 0 Å². The third-order valence-electron chi connectivity index (χ3n) is 1.66. The Balaban J connectivity index is 3.17. The quantitative estimate of drug-likeness (QED) is 0.658. The maximum atomic E-state index is 5.85. The first-order valence-corrected chi connectivity index (χ1v) is 4.53. The van der Waals surface area contributed by atoms with Crippen molar-refractivity contribution in [3.63, 3.8) is 0 Å². The zero-order valence-corrected chi connectivity index (χ0v) is 8.73. The van der Waals surface area contributed by atoms with E-state index in [9.17, 15) is 0 Å². The SMILES string of the molecule is C=NC(=CC)c1ccc(Cl)c(Cl)c1. The lowest BCUT2D eigenvalue weighted by Gasteiger charge is -2.02. The van der Waals surface area contributed by atoms with Gasteiger partial charge in [-0.3, -0.25) is 4.99 Å².